The molecule has 25 heavy (non-hydrogen) atoms. The molecule has 3 rings (SSSR count). The van der Waals surface area contributed by atoms with Gasteiger partial charge in [-0.15, -0.1) is 0 Å². The van der Waals surface area contributed by atoms with E-state index in [9.17, 15) is 9.59 Å². The van der Waals surface area contributed by atoms with E-state index in [2.05, 4.69) is 20.6 Å². The Morgan fingerprint density at radius 2 is 1.64 bits per heavy atom. The van der Waals surface area contributed by atoms with E-state index in [1.165, 1.54) is 6.20 Å². The Morgan fingerprint density at radius 3 is 2.32 bits per heavy atom. The predicted octanol–water partition coefficient (Wildman–Crippen LogP) is 3.63. The van der Waals surface area contributed by atoms with Crippen LogP contribution in [0.4, 0.5) is 11.5 Å². The third kappa shape index (κ3) is 4.39. The van der Waals surface area contributed by atoms with Gasteiger partial charge in [0.05, 0.1) is 11.9 Å². The summed E-state index contributed by atoms with van der Waals surface area (Å²) in [7, 11) is 0. The van der Waals surface area contributed by atoms with Gasteiger partial charge in [0.15, 0.2) is 0 Å². The first-order chi connectivity index (χ1) is 12.1. The molecule has 6 nitrogen and oxygen atoms in total. The minimum absolute atomic E-state index is 0.264. The Kier molecular flexibility index (Phi) is 5.01. The summed E-state index contributed by atoms with van der Waals surface area (Å²) < 4.78 is 0. The van der Waals surface area contributed by atoms with Crippen LogP contribution in [-0.2, 0) is 0 Å². The molecule has 0 radical (unpaired) electrons. The van der Waals surface area contributed by atoms with Crippen molar-refractivity contribution in [3.05, 3.63) is 83.3 Å². The highest BCUT2D eigenvalue weighted by Gasteiger charge is 2.09. The summed E-state index contributed by atoms with van der Waals surface area (Å²) in [6, 6.07) is 13.1. The number of pyridine rings is 2. The van der Waals surface area contributed by atoms with Gasteiger partial charge < -0.3 is 10.6 Å². The second-order valence-corrected chi connectivity index (χ2v) is 5.52. The molecular formula is C18H13ClN4O2. The molecule has 0 saturated heterocycles. The second-order valence-electron chi connectivity index (χ2n) is 5.09. The smallest absolute Gasteiger partial charge is 0.256 e. The summed E-state index contributed by atoms with van der Waals surface area (Å²) in [4.78, 5) is 32.2. The fourth-order valence-corrected chi connectivity index (χ4v) is 2.26. The Balaban J connectivity index is 1.64. The van der Waals surface area contributed by atoms with Crippen molar-refractivity contribution in [3.8, 4) is 0 Å². The van der Waals surface area contributed by atoms with Gasteiger partial charge in [0, 0.05) is 28.5 Å². The Labute approximate surface area is 148 Å². The molecule has 0 fully saturated rings. The zero-order valence-corrected chi connectivity index (χ0v) is 13.7. The number of benzene rings is 1. The number of nitrogens with one attached hydrogen (secondary N) is 2. The van der Waals surface area contributed by atoms with Crippen molar-refractivity contribution in [2.45, 2.75) is 0 Å². The van der Waals surface area contributed by atoms with Crippen LogP contribution in [0.25, 0.3) is 0 Å². The quantitative estimate of drug-likeness (QED) is 0.750. The number of amides is 2. The summed E-state index contributed by atoms with van der Waals surface area (Å²) in [6.07, 6.45) is 4.55. The largest absolute Gasteiger partial charge is 0.321 e. The van der Waals surface area contributed by atoms with Crippen LogP contribution in [0.5, 0.6) is 0 Å². The number of anilines is 2. The highest BCUT2D eigenvalue weighted by Crippen LogP contribution is 2.14. The summed E-state index contributed by atoms with van der Waals surface area (Å²) in [5.41, 5.74) is 1.44. The van der Waals surface area contributed by atoms with E-state index < -0.39 is 0 Å². The van der Waals surface area contributed by atoms with Gasteiger partial charge in [-0.25, -0.2) is 4.98 Å². The maximum Gasteiger partial charge on any atom is 0.256 e. The van der Waals surface area contributed by atoms with E-state index in [1.807, 2.05) is 0 Å². The lowest BCUT2D eigenvalue weighted by Crippen LogP contribution is -2.14. The van der Waals surface area contributed by atoms with E-state index in [0.717, 1.165) is 0 Å². The van der Waals surface area contributed by atoms with Crippen LogP contribution in [-0.4, -0.2) is 21.8 Å². The standard InChI is InChI=1S/C18H13ClN4O2/c19-14-3-1-2-13(10-14)18(25)23-16-5-4-15(11-21-16)22-17(24)12-6-8-20-9-7-12/h1-11H,(H,22,24)(H,21,23,25). The van der Waals surface area contributed by atoms with Crippen LogP contribution in [0.1, 0.15) is 20.7 Å². The Bertz CT molecular complexity index is 898. The van der Waals surface area contributed by atoms with Crippen LogP contribution < -0.4 is 10.6 Å². The third-order valence-corrected chi connectivity index (χ3v) is 3.53. The topological polar surface area (TPSA) is 84.0 Å². The minimum Gasteiger partial charge on any atom is -0.321 e. The molecule has 0 bridgehead atoms. The first-order valence-electron chi connectivity index (χ1n) is 7.36. The normalized spacial score (nSPS) is 10.1. The second kappa shape index (κ2) is 7.55. The summed E-state index contributed by atoms with van der Waals surface area (Å²) in [6.45, 7) is 0. The predicted molar refractivity (Wildman–Crippen MR) is 95.8 cm³/mol. The van der Waals surface area contributed by atoms with E-state index in [4.69, 9.17) is 11.6 Å². The zero-order valence-electron chi connectivity index (χ0n) is 12.9. The molecule has 7 heteroatoms. The van der Waals surface area contributed by atoms with E-state index in [0.29, 0.717) is 27.7 Å². The van der Waals surface area contributed by atoms with Gasteiger partial charge in [-0.2, -0.15) is 0 Å². The van der Waals surface area contributed by atoms with Crippen molar-refractivity contribution in [2.75, 3.05) is 10.6 Å². The molecule has 0 atom stereocenters. The van der Waals surface area contributed by atoms with Gasteiger partial charge in [-0.3, -0.25) is 14.6 Å². The molecule has 0 spiro atoms. The average molecular weight is 353 g/mol. The van der Waals surface area contributed by atoms with E-state index >= 15 is 0 Å². The summed E-state index contributed by atoms with van der Waals surface area (Å²) in [5, 5.41) is 5.87. The first-order valence-corrected chi connectivity index (χ1v) is 7.74. The number of hydrogen-bond acceptors (Lipinski definition) is 4. The summed E-state index contributed by atoms with van der Waals surface area (Å²) in [5.74, 6) is -0.213. The molecule has 2 amide bonds. The lowest BCUT2D eigenvalue weighted by Gasteiger charge is -2.07. The van der Waals surface area contributed by atoms with Crippen molar-refractivity contribution >= 4 is 34.9 Å². The molecule has 0 saturated carbocycles. The molecule has 0 unspecified atom stereocenters. The van der Waals surface area contributed by atoms with Crippen molar-refractivity contribution in [3.63, 3.8) is 0 Å². The van der Waals surface area contributed by atoms with Crippen molar-refractivity contribution in [2.24, 2.45) is 0 Å². The van der Waals surface area contributed by atoms with Gasteiger partial charge >= 0.3 is 0 Å². The number of carbonyl (C=O) groups is 2. The Hall–Kier alpha value is -3.25. The monoisotopic (exact) mass is 352 g/mol. The molecule has 0 aliphatic rings. The maximum absolute atomic E-state index is 12.1. The van der Waals surface area contributed by atoms with Gasteiger partial charge in [-0.05, 0) is 42.5 Å². The number of hydrogen-bond donors (Lipinski definition) is 2. The lowest BCUT2D eigenvalue weighted by atomic mass is 10.2. The van der Waals surface area contributed by atoms with Gasteiger partial charge in [0.25, 0.3) is 11.8 Å². The fraction of sp³-hybridized carbons (Fsp3) is 0. The third-order valence-electron chi connectivity index (χ3n) is 3.29. The average Bonchev–Trinajstić information content (AvgIpc) is 2.64. The highest BCUT2D eigenvalue weighted by molar-refractivity contribution is 6.31. The minimum atomic E-state index is -0.316. The van der Waals surface area contributed by atoms with Crippen LogP contribution in [0.3, 0.4) is 0 Å². The molecular weight excluding hydrogens is 340 g/mol. The van der Waals surface area contributed by atoms with Crippen molar-refractivity contribution < 1.29 is 9.59 Å². The molecule has 1 aromatic carbocycles. The number of carbonyl (C=O) groups excluding carboxylic acids is 2. The van der Waals surface area contributed by atoms with Crippen LogP contribution in [0, 0.1) is 0 Å². The number of rotatable bonds is 4. The number of nitrogens with zero attached hydrogens (tertiary/aromatic N) is 2. The van der Waals surface area contributed by atoms with Gasteiger partial charge in [0.2, 0.25) is 0 Å². The molecule has 0 aliphatic heterocycles. The van der Waals surface area contributed by atoms with Crippen molar-refractivity contribution in [1.82, 2.24) is 9.97 Å². The van der Waals surface area contributed by atoms with Crippen LogP contribution in [0.15, 0.2) is 67.1 Å². The molecule has 3 aromatic rings. The van der Waals surface area contributed by atoms with E-state index in [-0.39, 0.29) is 11.8 Å². The number of aromatic nitrogens is 2. The SMILES string of the molecule is O=C(Nc1ccc(NC(=O)c2cccc(Cl)c2)nc1)c1ccncc1. The molecule has 124 valence electrons. The Morgan fingerprint density at radius 1 is 0.880 bits per heavy atom. The molecule has 2 N–H and O–H groups in total. The molecule has 0 aliphatic carbocycles. The van der Waals surface area contributed by atoms with Crippen LogP contribution in [0.2, 0.25) is 5.02 Å². The van der Waals surface area contributed by atoms with Crippen LogP contribution >= 0.6 is 11.6 Å². The first kappa shape index (κ1) is 16.6. The maximum atomic E-state index is 12.1. The van der Waals surface area contributed by atoms with Gasteiger partial charge in [0.1, 0.15) is 5.82 Å². The lowest BCUT2D eigenvalue weighted by molar-refractivity contribution is 0.101. The highest BCUT2D eigenvalue weighted by atomic mass is 35.5. The number of halogens is 1. The molecule has 2 aromatic heterocycles. The van der Waals surface area contributed by atoms with Crippen molar-refractivity contribution in [1.29, 1.82) is 0 Å². The van der Waals surface area contributed by atoms with Gasteiger partial charge in [-0.1, -0.05) is 17.7 Å². The zero-order chi connectivity index (χ0) is 17.6. The molecule has 2 heterocycles. The van der Waals surface area contributed by atoms with E-state index in [1.54, 1.807) is 60.9 Å². The fourth-order valence-electron chi connectivity index (χ4n) is 2.07. The summed E-state index contributed by atoms with van der Waals surface area (Å²) >= 11 is 5.87.